The van der Waals surface area contributed by atoms with E-state index < -0.39 is 0 Å². The Bertz CT molecular complexity index is 3900. The lowest BCUT2D eigenvalue weighted by atomic mass is 9.95. The molecule has 0 fully saturated rings. The molecular formula is C59H37N3S. The number of benzene rings is 9. The molecule has 0 bridgehead atoms. The van der Waals surface area contributed by atoms with Crippen molar-refractivity contribution in [3.8, 4) is 56.0 Å². The first kappa shape index (κ1) is 35.7. The van der Waals surface area contributed by atoms with Crippen molar-refractivity contribution >= 4 is 75.1 Å². The van der Waals surface area contributed by atoms with Crippen LogP contribution in [0.25, 0.3) is 120 Å². The van der Waals surface area contributed by atoms with Crippen molar-refractivity contribution in [2.24, 2.45) is 0 Å². The van der Waals surface area contributed by atoms with E-state index in [1.165, 1.54) is 103 Å². The topological polar surface area (TPSA) is 22.8 Å². The molecule has 13 rings (SSSR count). The van der Waals surface area contributed by atoms with Crippen LogP contribution in [0.4, 0.5) is 0 Å². The van der Waals surface area contributed by atoms with Gasteiger partial charge in [-0.25, -0.2) is 0 Å². The van der Waals surface area contributed by atoms with Gasteiger partial charge in [0.05, 0.1) is 27.8 Å². The highest BCUT2D eigenvalue weighted by Crippen LogP contribution is 2.43. The van der Waals surface area contributed by atoms with Crippen molar-refractivity contribution in [2.75, 3.05) is 0 Å². The molecule has 0 unspecified atom stereocenters. The fourth-order valence-electron chi connectivity index (χ4n) is 9.85. The van der Waals surface area contributed by atoms with Crippen LogP contribution in [0.2, 0.25) is 0 Å². The van der Waals surface area contributed by atoms with Gasteiger partial charge in [0.1, 0.15) is 0 Å². The Labute approximate surface area is 368 Å². The minimum Gasteiger partial charge on any atom is -0.309 e. The largest absolute Gasteiger partial charge is 0.309 e. The number of fused-ring (bicyclic) bond motifs is 9. The van der Waals surface area contributed by atoms with Crippen LogP contribution in [0.5, 0.6) is 0 Å². The maximum absolute atomic E-state index is 4.73. The number of para-hydroxylation sites is 2. The average molecular weight is 820 g/mol. The first-order valence-corrected chi connectivity index (χ1v) is 22.3. The average Bonchev–Trinajstić information content (AvgIpc) is 4.01. The van der Waals surface area contributed by atoms with E-state index >= 15 is 0 Å². The molecule has 0 aliphatic heterocycles. The second-order valence-electron chi connectivity index (χ2n) is 16.3. The zero-order valence-corrected chi connectivity index (χ0v) is 34.9. The van der Waals surface area contributed by atoms with E-state index in [0.29, 0.717) is 0 Å². The molecular weight excluding hydrogens is 783 g/mol. The lowest BCUT2D eigenvalue weighted by molar-refractivity contribution is 1.18. The monoisotopic (exact) mass is 819 g/mol. The molecule has 0 saturated carbocycles. The van der Waals surface area contributed by atoms with Gasteiger partial charge in [0.25, 0.3) is 0 Å². The standard InChI is InChI=1S/C59H37N3S/c1-3-13-38(14-4-1)39-22-27-56-49(33-39)50-36-42(45-17-7-8-18-46(45)53-20-11-12-32-60-53)24-29-57(50)62(56)44-26-31-59-52(37-44)51-35-41(25-30-58(51)63-59)40-23-28-55-48(34-40)47-19-9-10-21-54(47)61(55)43-15-5-2-6-16-43/h1-37H. The SMILES string of the molecule is c1ccc(-c2ccc3c(c2)c2cc(-c4ccccc4-c4ccccn4)ccc2n3-c2ccc3sc4ccc(-c5ccc6c(c5)c5ccccc5n6-c5ccccc5)cc4c3c2)cc1. The maximum atomic E-state index is 4.73. The minimum atomic E-state index is 0.970. The summed E-state index contributed by atoms with van der Waals surface area (Å²) in [5, 5.41) is 7.52. The van der Waals surface area contributed by atoms with Crippen molar-refractivity contribution in [3.63, 3.8) is 0 Å². The van der Waals surface area contributed by atoms with Gasteiger partial charge in [0.15, 0.2) is 0 Å². The molecule has 4 heteroatoms. The molecule has 3 nitrogen and oxygen atoms in total. The first-order chi connectivity index (χ1) is 31.2. The number of pyridine rings is 1. The molecule has 294 valence electrons. The van der Waals surface area contributed by atoms with Crippen molar-refractivity contribution in [2.45, 2.75) is 0 Å². The van der Waals surface area contributed by atoms with E-state index in [1.807, 2.05) is 23.6 Å². The second kappa shape index (κ2) is 14.3. The quantitative estimate of drug-likeness (QED) is 0.164. The van der Waals surface area contributed by atoms with Crippen LogP contribution in [0, 0.1) is 0 Å². The Balaban J connectivity index is 0.977. The summed E-state index contributed by atoms with van der Waals surface area (Å²) < 4.78 is 7.41. The van der Waals surface area contributed by atoms with Crippen LogP contribution >= 0.6 is 11.3 Å². The third-order valence-electron chi connectivity index (χ3n) is 12.8. The van der Waals surface area contributed by atoms with Crippen molar-refractivity contribution in [1.82, 2.24) is 14.1 Å². The molecule has 0 spiro atoms. The predicted octanol–water partition coefficient (Wildman–Crippen LogP) is 16.3. The van der Waals surface area contributed by atoms with Gasteiger partial charge in [-0.1, -0.05) is 121 Å². The zero-order valence-electron chi connectivity index (χ0n) is 34.1. The van der Waals surface area contributed by atoms with Gasteiger partial charge in [-0.3, -0.25) is 4.98 Å². The number of rotatable bonds is 6. The van der Waals surface area contributed by atoms with E-state index in [4.69, 9.17) is 4.98 Å². The lowest BCUT2D eigenvalue weighted by Crippen LogP contribution is -1.94. The van der Waals surface area contributed by atoms with Crippen LogP contribution in [0.1, 0.15) is 0 Å². The molecule has 0 saturated heterocycles. The van der Waals surface area contributed by atoms with E-state index in [9.17, 15) is 0 Å². The number of hydrogen-bond acceptors (Lipinski definition) is 2. The molecule has 0 radical (unpaired) electrons. The van der Waals surface area contributed by atoms with E-state index in [2.05, 4.69) is 221 Å². The van der Waals surface area contributed by atoms with Crippen LogP contribution in [0.3, 0.4) is 0 Å². The van der Waals surface area contributed by atoms with Crippen LogP contribution in [0.15, 0.2) is 225 Å². The fraction of sp³-hybridized carbons (Fsp3) is 0. The number of thiophene rings is 1. The molecule has 0 atom stereocenters. The zero-order chi connectivity index (χ0) is 41.4. The van der Waals surface area contributed by atoms with Crippen molar-refractivity contribution < 1.29 is 0 Å². The van der Waals surface area contributed by atoms with Crippen LogP contribution < -0.4 is 0 Å². The van der Waals surface area contributed by atoms with Gasteiger partial charge in [-0.15, -0.1) is 11.3 Å². The van der Waals surface area contributed by atoms with E-state index in [-0.39, 0.29) is 0 Å². The highest BCUT2D eigenvalue weighted by Gasteiger charge is 2.19. The molecule has 9 aromatic carbocycles. The molecule has 0 aliphatic rings. The fourth-order valence-corrected chi connectivity index (χ4v) is 10.9. The summed E-state index contributed by atoms with van der Waals surface area (Å²) in [4.78, 5) is 4.73. The molecule has 0 amide bonds. The Kier molecular flexibility index (Phi) is 8.08. The Hall–Kier alpha value is -8.05. The minimum absolute atomic E-state index is 0.970. The van der Waals surface area contributed by atoms with Crippen molar-refractivity contribution in [3.05, 3.63) is 225 Å². The molecule has 13 aromatic rings. The number of nitrogens with zero attached hydrogens (tertiary/aromatic N) is 3. The Morgan fingerprint density at radius 1 is 0.302 bits per heavy atom. The third-order valence-corrected chi connectivity index (χ3v) is 13.9. The lowest BCUT2D eigenvalue weighted by Gasteiger charge is -2.11. The number of hydrogen-bond donors (Lipinski definition) is 0. The van der Waals surface area contributed by atoms with Crippen LogP contribution in [-0.2, 0) is 0 Å². The second-order valence-corrected chi connectivity index (χ2v) is 17.4. The summed E-state index contributed by atoms with van der Waals surface area (Å²) in [6.45, 7) is 0. The highest BCUT2D eigenvalue weighted by atomic mass is 32.1. The first-order valence-electron chi connectivity index (χ1n) is 21.4. The van der Waals surface area contributed by atoms with Crippen LogP contribution in [-0.4, -0.2) is 14.1 Å². The van der Waals surface area contributed by atoms with Gasteiger partial charge in [0, 0.05) is 64.9 Å². The van der Waals surface area contributed by atoms with Crippen molar-refractivity contribution in [1.29, 1.82) is 0 Å². The molecule has 4 aromatic heterocycles. The molecule has 63 heavy (non-hydrogen) atoms. The smallest absolute Gasteiger partial charge is 0.0708 e. The molecule has 0 N–H and O–H groups in total. The van der Waals surface area contributed by atoms with Gasteiger partial charge in [0.2, 0.25) is 0 Å². The summed E-state index contributed by atoms with van der Waals surface area (Å²) in [6.07, 6.45) is 1.87. The summed E-state index contributed by atoms with van der Waals surface area (Å²) in [5.41, 5.74) is 16.4. The maximum Gasteiger partial charge on any atom is 0.0708 e. The summed E-state index contributed by atoms with van der Waals surface area (Å²) in [7, 11) is 0. The van der Waals surface area contributed by atoms with Gasteiger partial charge >= 0.3 is 0 Å². The normalized spacial score (nSPS) is 11.8. The van der Waals surface area contributed by atoms with Gasteiger partial charge in [-0.2, -0.15) is 0 Å². The highest BCUT2D eigenvalue weighted by molar-refractivity contribution is 7.25. The van der Waals surface area contributed by atoms with E-state index in [0.717, 1.165) is 16.9 Å². The summed E-state index contributed by atoms with van der Waals surface area (Å²) >= 11 is 1.87. The predicted molar refractivity (Wildman–Crippen MR) is 268 cm³/mol. The summed E-state index contributed by atoms with van der Waals surface area (Å²) in [5.74, 6) is 0. The Morgan fingerprint density at radius 2 is 0.810 bits per heavy atom. The molecule has 0 aliphatic carbocycles. The molecule has 4 heterocycles. The number of aromatic nitrogens is 3. The van der Waals surface area contributed by atoms with Gasteiger partial charge < -0.3 is 9.13 Å². The Morgan fingerprint density at radius 3 is 1.54 bits per heavy atom. The third kappa shape index (κ3) is 5.76. The summed E-state index contributed by atoms with van der Waals surface area (Å²) in [6, 6.07) is 79.7. The van der Waals surface area contributed by atoms with E-state index in [1.54, 1.807) is 0 Å². The van der Waals surface area contributed by atoms with Gasteiger partial charge in [-0.05, 0) is 130 Å².